The number of benzene rings is 2. The Morgan fingerprint density at radius 1 is 1.00 bits per heavy atom. The molecule has 2 aromatic carbocycles. The normalized spacial score (nSPS) is 12.3. The molecule has 2 aromatic heterocycles. The van der Waals surface area contributed by atoms with E-state index >= 15 is 0 Å². The molecule has 0 saturated heterocycles. The van der Waals surface area contributed by atoms with Crippen molar-refractivity contribution in [3.8, 4) is 17.1 Å². The highest BCUT2D eigenvalue weighted by Gasteiger charge is 2.22. The van der Waals surface area contributed by atoms with Crippen molar-refractivity contribution in [1.29, 1.82) is 0 Å². The number of nitrogens with zero attached hydrogens (tertiary/aromatic N) is 5. The lowest BCUT2D eigenvalue weighted by Crippen LogP contribution is -2.01. The molecular formula is C21H19F2N5OS. The average molecular weight is 427 g/mol. The summed E-state index contributed by atoms with van der Waals surface area (Å²) in [6, 6.07) is 12.0. The van der Waals surface area contributed by atoms with E-state index in [1.807, 2.05) is 6.92 Å². The summed E-state index contributed by atoms with van der Waals surface area (Å²) in [5, 5.41) is 13.0. The van der Waals surface area contributed by atoms with Crippen molar-refractivity contribution < 1.29 is 13.3 Å². The highest BCUT2D eigenvalue weighted by molar-refractivity contribution is 7.99. The first-order valence-electron chi connectivity index (χ1n) is 9.51. The first-order chi connectivity index (χ1) is 14.5. The molecule has 4 aromatic rings. The zero-order valence-electron chi connectivity index (χ0n) is 16.4. The molecule has 6 nitrogen and oxygen atoms in total. The molecular weight excluding hydrogens is 408 g/mol. The van der Waals surface area contributed by atoms with Gasteiger partial charge in [-0.15, -0.1) is 10.2 Å². The number of halogens is 2. The lowest BCUT2D eigenvalue weighted by molar-refractivity contribution is 0.374. The fraction of sp³-hybridized carbons (Fsp3) is 0.238. The van der Waals surface area contributed by atoms with Crippen LogP contribution in [0.15, 0.2) is 58.2 Å². The van der Waals surface area contributed by atoms with Gasteiger partial charge in [0.2, 0.25) is 5.89 Å². The third-order valence-corrected chi connectivity index (χ3v) is 5.44. The Labute approximate surface area is 176 Å². The number of thioether (sulfide) groups is 1. The largest absolute Gasteiger partial charge is 0.338 e. The molecule has 9 heteroatoms. The standard InChI is InChI=1S/C21H19F2N5OS/c1-3-4-18-24-20(29-27-18)13(2)30-21-26-25-19(14-5-7-15(22)8-6-14)28(21)17-11-9-16(23)10-12-17/h5-13H,3-4H2,1-2H3. The van der Waals surface area contributed by atoms with E-state index in [9.17, 15) is 8.78 Å². The lowest BCUT2D eigenvalue weighted by Gasteiger charge is -2.12. The molecule has 1 unspecified atom stereocenters. The predicted octanol–water partition coefficient (Wildman–Crippen LogP) is 5.40. The summed E-state index contributed by atoms with van der Waals surface area (Å²) < 4.78 is 34.0. The van der Waals surface area contributed by atoms with Crippen LogP contribution in [-0.2, 0) is 6.42 Å². The monoisotopic (exact) mass is 427 g/mol. The minimum atomic E-state index is -0.341. The second kappa shape index (κ2) is 8.74. The Morgan fingerprint density at radius 2 is 1.67 bits per heavy atom. The van der Waals surface area contributed by atoms with Crippen LogP contribution in [0.2, 0.25) is 0 Å². The van der Waals surface area contributed by atoms with Crippen LogP contribution in [0.4, 0.5) is 8.78 Å². The van der Waals surface area contributed by atoms with Crippen LogP contribution in [0, 0.1) is 11.6 Å². The van der Waals surface area contributed by atoms with E-state index in [2.05, 4.69) is 27.3 Å². The Kier molecular flexibility index (Phi) is 5.89. The van der Waals surface area contributed by atoms with Gasteiger partial charge in [0.05, 0.1) is 5.25 Å². The number of rotatable bonds is 7. The molecule has 2 heterocycles. The molecule has 0 saturated carbocycles. The highest BCUT2D eigenvalue weighted by atomic mass is 32.2. The van der Waals surface area contributed by atoms with E-state index < -0.39 is 0 Å². The quantitative estimate of drug-likeness (QED) is 0.368. The van der Waals surface area contributed by atoms with Gasteiger partial charge in [0, 0.05) is 17.7 Å². The van der Waals surface area contributed by atoms with Crippen molar-refractivity contribution in [3.05, 3.63) is 71.9 Å². The first-order valence-corrected chi connectivity index (χ1v) is 10.4. The van der Waals surface area contributed by atoms with Crippen LogP contribution >= 0.6 is 11.8 Å². The molecule has 30 heavy (non-hydrogen) atoms. The minimum Gasteiger partial charge on any atom is -0.338 e. The van der Waals surface area contributed by atoms with Crippen LogP contribution in [0.25, 0.3) is 17.1 Å². The van der Waals surface area contributed by atoms with Gasteiger partial charge in [-0.25, -0.2) is 8.78 Å². The summed E-state index contributed by atoms with van der Waals surface area (Å²) in [4.78, 5) is 4.44. The van der Waals surface area contributed by atoms with Crippen molar-refractivity contribution in [2.75, 3.05) is 0 Å². The van der Waals surface area contributed by atoms with Gasteiger partial charge in [-0.3, -0.25) is 4.57 Å². The maximum atomic E-state index is 13.5. The molecule has 4 rings (SSSR count). The first kappa shape index (κ1) is 20.2. The van der Waals surface area contributed by atoms with E-state index in [0.717, 1.165) is 12.8 Å². The lowest BCUT2D eigenvalue weighted by atomic mass is 10.2. The maximum Gasteiger partial charge on any atom is 0.239 e. The fourth-order valence-corrected chi connectivity index (χ4v) is 3.82. The highest BCUT2D eigenvalue weighted by Crippen LogP contribution is 2.36. The summed E-state index contributed by atoms with van der Waals surface area (Å²) in [5.74, 6) is 1.02. The summed E-state index contributed by atoms with van der Waals surface area (Å²) >= 11 is 1.40. The van der Waals surface area contributed by atoms with Crippen molar-refractivity contribution in [2.45, 2.75) is 37.1 Å². The molecule has 0 radical (unpaired) electrons. The minimum absolute atomic E-state index is 0.174. The van der Waals surface area contributed by atoms with Gasteiger partial charge in [0.25, 0.3) is 0 Å². The predicted molar refractivity (Wildman–Crippen MR) is 109 cm³/mol. The van der Waals surface area contributed by atoms with E-state index in [4.69, 9.17) is 4.52 Å². The summed E-state index contributed by atoms with van der Waals surface area (Å²) in [6.45, 7) is 3.99. The van der Waals surface area contributed by atoms with E-state index in [1.165, 1.54) is 36.0 Å². The molecule has 0 N–H and O–H groups in total. The van der Waals surface area contributed by atoms with Crippen LogP contribution in [-0.4, -0.2) is 24.9 Å². The van der Waals surface area contributed by atoms with Gasteiger partial charge in [-0.05, 0) is 61.9 Å². The second-order valence-corrected chi connectivity index (χ2v) is 7.99. The topological polar surface area (TPSA) is 69.6 Å². The van der Waals surface area contributed by atoms with Crippen molar-refractivity contribution in [2.24, 2.45) is 0 Å². The van der Waals surface area contributed by atoms with Gasteiger partial charge < -0.3 is 4.52 Å². The summed E-state index contributed by atoms with van der Waals surface area (Å²) in [7, 11) is 0. The zero-order valence-corrected chi connectivity index (χ0v) is 17.2. The van der Waals surface area contributed by atoms with Gasteiger partial charge in [0.1, 0.15) is 11.6 Å². The smallest absolute Gasteiger partial charge is 0.239 e. The van der Waals surface area contributed by atoms with Gasteiger partial charge >= 0.3 is 0 Å². The summed E-state index contributed by atoms with van der Waals surface area (Å²) in [6.07, 6.45) is 1.68. The number of aryl methyl sites for hydroxylation is 1. The molecule has 154 valence electrons. The van der Waals surface area contributed by atoms with Crippen LogP contribution in [0.3, 0.4) is 0 Å². The molecule has 0 spiro atoms. The summed E-state index contributed by atoms with van der Waals surface area (Å²) in [5.41, 5.74) is 1.38. The molecule has 1 atom stereocenters. The molecule has 0 aliphatic carbocycles. The van der Waals surface area contributed by atoms with E-state index in [0.29, 0.717) is 33.9 Å². The van der Waals surface area contributed by atoms with Crippen LogP contribution in [0.5, 0.6) is 0 Å². The molecule has 0 bridgehead atoms. The van der Waals surface area contributed by atoms with Crippen LogP contribution < -0.4 is 0 Å². The van der Waals surface area contributed by atoms with Crippen LogP contribution in [0.1, 0.15) is 37.2 Å². The van der Waals surface area contributed by atoms with Gasteiger partial charge in [-0.1, -0.05) is 23.8 Å². The van der Waals surface area contributed by atoms with Gasteiger partial charge in [0.15, 0.2) is 16.8 Å². The van der Waals surface area contributed by atoms with Crippen molar-refractivity contribution in [3.63, 3.8) is 0 Å². The fourth-order valence-electron chi connectivity index (χ4n) is 2.92. The average Bonchev–Trinajstić information content (AvgIpc) is 3.37. The number of hydrogen-bond acceptors (Lipinski definition) is 6. The SMILES string of the molecule is CCCc1noc(C(C)Sc2nnc(-c3ccc(F)cc3)n2-c2ccc(F)cc2)n1. The molecule has 0 amide bonds. The van der Waals surface area contributed by atoms with Crippen molar-refractivity contribution in [1.82, 2.24) is 24.9 Å². The molecule has 0 fully saturated rings. The third-order valence-electron chi connectivity index (χ3n) is 4.41. The number of hydrogen-bond donors (Lipinski definition) is 0. The molecule has 0 aliphatic rings. The third kappa shape index (κ3) is 4.25. The maximum absolute atomic E-state index is 13.5. The Balaban J connectivity index is 1.71. The Morgan fingerprint density at radius 3 is 2.33 bits per heavy atom. The Bertz CT molecular complexity index is 1130. The van der Waals surface area contributed by atoms with E-state index in [1.54, 1.807) is 28.8 Å². The second-order valence-electron chi connectivity index (χ2n) is 6.68. The Hall–Kier alpha value is -3.07. The zero-order chi connectivity index (χ0) is 21.1. The van der Waals surface area contributed by atoms with Gasteiger partial charge in [-0.2, -0.15) is 4.98 Å². The number of aromatic nitrogens is 5. The molecule has 0 aliphatic heterocycles. The van der Waals surface area contributed by atoms with Crippen molar-refractivity contribution >= 4 is 11.8 Å². The van der Waals surface area contributed by atoms with E-state index in [-0.39, 0.29) is 16.9 Å².